The van der Waals surface area contributed by atoms with Gasteiger partial charge in [-0.15, -0.1) is 0 Å². The predicted molar refractivity (Wildman–Crippen MR) is 147 cm³/mol. The Bertz CT molecular complexity index is 1330. The van der Waals surface area contributed by atoms with Crippen molar-refractivity contribution in [2.24, 2.45) is 0 Å². The number of nitriles is 1. The van der Waals surface area contributed by atoms with E-state index in [9.17, 15) is 9.59 Å². The van der Waals surface area contributed by atoms with Gasteiger partial charge in [-0.05, 0) is 115 Å². The second-order valence-corrected chi connectivity index (χ2v) is 11.4. The van der Waals surface area contributed by atoms with Crippen molar-refractivity contribution in [3.05, 3.63) is 55.4 Å². The first-order valence-electron chi connectivity index (χ1n) is 12.1. The van der Waals surface area contributed by atoms with Gasteiger partial charge in [0.1, 0.15) is 29.5 Å². The van der Waals surface area contributed by atoms with Crippen LogP contribution in [-0.4, -0.2) is 30.0 Å². The maximum absolute atomic E-state index is 11.8. The highest BCUT2D eigenvalue weighted by molar-refractivity contribution is 9.10. The highest BCUT2D eigenvalue weighted by Gasteiger charge is 2.36. The van der Waals surface area contributed by atoms with E-state index in [1.807, 2.05) is 25.1 Å². The first-order chi connectivity index (χ1) is 17.6. The average molecular weight is 586 g/mol. The van der Waals surface area contributed by atoms with Gasteiger partial charge in [0.15, 0.2) is 0 Å². The summed E-state index contributed by atoms with van der Waals surface area (Å²) in [7, 11) is 0. The minimum atomic E-state index is -0.509. The molecule has 0 aliphatic carbocycles. The number of carbonyl (C=O) groups is 2. The summed E-state index contributed by atoms with van der Waals surface area (Å²) in [5.74, 6) is 2.09. The van der Waals surface area contributed by atoms with Gasteiger partial charge in [0, 0.05) is 12.0 Å². The topological polar surface area (TPSA) is 97.6 Å². The highest BCUT2D eigenvalue weighted by atomic mass is 79.9. The van der Waals surface area contributed by atoms with Crippen LogP contribution in [0.5, 0.6) is 17.2 Å². The zero-order chi connectivity index (χ0) is 26.7. The molecule has 1 saturated heterocycles. The lowest BCUT2D eigenvalue weighted by molar-refractivity contribution is -0.115. The predicted octanol–water partition coefficient (Wildman–Crippen LogP) is 6.54. The lowest BCUT2D eigenvalue weighted by Crippen LogP contribution is -2.42. The maximum Gasteiger partial charge on any atom is 0.290 e. The quantitative estimate of drug-likeness (QED) is 0.277. The molecule has 0 saturated carbocycles. The Kier molecular flexibility index (Phi) is 8.20. The van der Waals surface area contributed by atoms with Crippen LogP contribution in [0.15, 0.2) is 27.6 Å². The molecule has 2 aromatic carbocycles. The lowest BCUT2D eigenvalue weighted by Gasteiger charge is -2.38. The summed E-state index contributed by atoms with van der Waals surface area (Å²) < 4.78 is 19.6. The van der Waals surface area contributed by atoms with Gasteiger partial charge in [-0.3, -0.25) is 14.9 Å². The molecule has 2 amide bonds. The van der Waals surface area contributed by atoms with Crippen LogP contribution < -0.4 is 19.5 Å². The second kappa shape index (κ2) is 11.2. The van der Waals surface area contributed by atoms with Crippen LogP contribution in [0, 0.1) is 32.1 Å². The average Bonchev–Trinajstić information content (AvgIpc) is 3.17. The van der Waals surface area contributed by atoms with E-state index in [0.717, 1.165) is 62.8 Å². The Labute approximate surface area is 229 Å². The van der Waals surface area contributed by atoms with Crippen molar-refractivity contribution in [2.45, 2.75) is 59.0 Å². The molecule has 1 fully saturated rings. The summed E-state index contributed by atoms with van der Waals surface area (Å²) in [5, 5.41) is 10.7. The Morgan fingerprint density at radius 2 is 2.00 bits per heavy atom. The van der Waals surface area contributed by atoms with Gasteiger partial charge in [-0.1, -0.05) is 6.07 Å². The zero-order valence-electron chi connectivity index (χ0n) is 21.3. The van der Waals surface area contributed by atoms with Crippen LogP contribution in [0.4, 0.5) is 4.79 Å². The molecule has 2 heterocycles. The number of halogens is 1. The smallest absolute Gasteiger partial charge is 0.290 e. The summed E-state index contributed by atoms with van der Waals surface area (Å²) in [4.78, 5) is 23.6. The number of unbranched alkanes of at least 4 members (excludes halogenated alkanes) is 1. The molecule has 0 spiro atoms. The molecule has 2 aliphatic heterocycles. The monoisotopic (exact) mass is 584 g/mol. The molecular formula is C28H29BrN2O5S. The summed E-state index contributed by atoms with van der Waals surface area (Å²) >= 11 is 4.45. The summed E-state index contributed by atoms with van der Waals surface area (Å²) in [5.41, 5.74) is 4.66. The zero-order valence-corrected chi connectivity index (χ0v) is 23.7. The number of fused-ring (bicyclic) bond motifs is 1. The summed E-state index contributed by atoms with van der Waals surface area (Å²) in [6.45, 7) is 9.13. The third-order valence-corrected chi connectivity index (χ3v) is 8.10. The van der Waals surface area contributed by atoms with Crippen molar-refractivity contribution in [2.75, 3.05) is 13.2 Å². The standard InChI is InChI=1S/C28H29BrN2O5S/c1-16-17(2)25-20(18(3)24(16)34-12-6-5-11-30)9-10-28(4,36-25)15-35-22-8-7-19(13-21(22)29)14-23-26(32)31-27(33)37-23/h7-8,13-14H,5-6,9-10,12,15H2,1-4H3,(H,31,32,33)/b23-14-. The van der Waals surface area contributed by atoms with Gasteiger partial charge in [0.05, 0.1) is 22.1 Å². The molecule has 2 aromatic rings. The molecule has 0 aromatic heterocycles. The minimum Gasteiger partial charge on any atom is -0.493 e. The van der Waals surface area contributed by atoms with Gasteiger partial charge < -0.3 is 14.2 Å². The molecule has 1 atom stereocenters. The molecule has 37 heavy (non-hydrogen) atoms. The van der Waals surface area contributed by atoms with Crippen molar-refractivity contribution in [1.29, 1.82) is 5.26 Å². The number of nitrogens with one attached hydrogen (secondary N) is 1. The van der Waals surface area contributed by atoms with Crippen molar-refractivity contribution in [3.8, 4) is 23.3 Å². The van der Waals surface area contributed by atoms with Crippen molar-refractivity contribution in [3.63, 3.8) is 0 Å². The summed E-state index contributed by atoms with van der Waals surface area (Å²) in [6, 6.07) is 7.70. The molecule has 2 aliphatic rings. The van der Waals surface area contributed by atoms with Crippen LogP contribution in [0.3, 0.4) is 0 Å². The van der Waals surface area contributed by atoms with Crippen LogP contribution >= 0.6 is 27.7 Å². The van der Waals surface area contributed by atoms with Gasteiger partial charge in [0.25, 0.3) is 11.1 Å². The number of imide groups is 1. The number of rotatable bonds is 8. The third kappa shape index (κ3) is 5.97. The van der Waals surface area contributed by atoms with E-state index in [2.05, 4.69) is 48.1 Å². The van der Waals surface area contributed by atoms with Crippen molar-refractivity contribution >= 4 is 44.9 Å². The maximum atomic E-state index is 11.8. The molecule has 9 heteroatoms. The molecule has 4 rings (SSSR count). The van der Waals surface area contributed by atoms with E-state index in [1.165, 1.54) is 5.56 Å². The highest BCUT2D eigenvalue weighted by Crippen LogP contribution is 2.44. The third-order valence-electron chi connectivity index (χ3n) is 6.67. The van der Waals surface area contributed by atoms with Crippen LogP contribution in [0.2, 0.25) is 0 Å². The molecule has 194 valence electrons. The SMILES string of the molecule is Cc1c(C)c2c(c(C)c1OCCCC#N)CCC(C)(COc1ccc(/C=C3\SC(=O)NC3=O)cc1Br)O2. The fourth-order valence-corrected chi connectivity index (χ4v) is 5.65. The molecule has 0 bridgehead atoms. The van der Waals surface area contributed by atoms with E-state index < -0.39 is 5.60 Å². The van der Waals surface area contributed by atoms with E-state index in [4.69, 9.17) is 19.5 Å². The number of amides is 2. The van der Waals surface area contributed by atoms with Gasteiger partial charge in [-0.25, -0.2) is 0 Å². The lowest BCUT2D eigenvalue weighted by atomic mass is 9.87. The molecule has 0 radical (unpaired) electrons. The Morgan fingerprint density at radius 1 is 1.22 bits per heavy atom. The van der Waals surface area contributed by atoms with Gasteiger partial charge >= 0.3 is 0 Å². The van der Waals surface area contributed by atoms with E-state index in [-0.39, 0.29) is 11.1 Å². The van der Waals surface area contributed by atoms with Gasteiger partial charge in [-0.2, -0.15) is 5.26 Å². The van der Waals surface area contributed by atoms with Crippen molar-refractivity contribution < 1.29 is 23.8 Å². The number of ether oxygens (including phenoxy) is 3. The minimum absolute atomic E-state index is 0.363. The van der Waals surface area contributed by atoms with E-state index >= 15 is 0 Å². The van der Waals surface area contributed by atoms with E-state index in [1.54, 1.807) is 6.08 Å². The normalized spacial score (nSPS) is 19.7. The van der Waals surface area contributed by atoms with Crippen molar-refractivity contribution in [1.82, 2.24) is 5.32 Å². The van der Waals surface area contributed by atoms with Crippen LogP contribution in [0.25, 0.3) is 6.08 Å². The number of hydrogen-bond donors (Lipinski definition) is 1. The first-order valence-corrected chi connectivity index (χ1v) is 13.7. The van der Waals surface area contributed by atoms with Crippen LogP contribution in [-0.2, 0) is 11.2 Å². The number of nitrogens with zero attached hydrogens (tertiary/aromatic N) is 1. The second-order valence-electron chi connectivity index (χ2n) is 9.50. The Balaban J connectivity index is 1.46. The number of benzene rings is 2. The molecular weight excluding hydrogens is 556 g/mol. The Hall–Kier alpha value is -2.96. The number of carbonyl (C=O) groups excluding carboxylic acids is 2. The number of thioether (sulfide) groups is 1. The molecule has 7 nitrogen and oxygen atoms in total. The number of hydrogen-bond acceptors (Lipinski definition) is 7. The van der Waals surface area contributed by atoms with Gasteiger partial charge in [0.2, 0.25) is 0 Å². The molecule has 1 unspecified atom stereocenters. The fraction of sp³-hybridized carbons (Fsp3) is 0.393. The fourth-order valence-electron chi connectivity index (χ4n) is 4.45. The Morgan fingerprint density at radius 3 is 2.68 bits per heavy atom. The molecule has 1 N–H and O–H groups in total. The summed E-state index contributed by atoms with van der Waals surface area (Å²) in [6.07, 6.45) is 4.51. The first kappa shape index (κ1) is 27.1. The largest absolute Gasteiger partial charge is 0.493 e. The van der Waals surface area contributed by atoms with E-state index in [0.29, 0.717) is 36.7 Å². The van der Waals surface area contributed by atoms with Crippen LogP contribution in [0.1, 0.15) is 54.0 Å².